The number of rotatable bonds is 24. The van der Waals surface area contributed by atoms with Crippen molar-refractivity contribution < 1.29 is 71.6 Å². The average molecular weight is 825 g/mol. The van der Waals surface area contributed by atoms with E-state index in [0.717, 1.165) is 24.3 Å². The Morgan fingerprint density at radius 1 is 0.448 bits per heavy atom. The highest BCUT2D eigenvalue weighted by Crippen LogP contribution is 1.97. The van der Waals surface area contributed by atoms with Crippen molar-refractivity contribution in [2.24, 2.45) is 0 Å². The van der Waals surface area contributed by atoms with Gasteiger partial charge in [-0.05, 0) is 27.7 Å². The van der Waals surface area contributed by atoms with Gasteiger partial charge in [0.15, 0.2) is 0 Å². The Morgan fingerprint density at radius 3 is 1.05 bits per heavy atom. The van der Waals surface area contributed by atoms with Gasteiger partial charge in [-0.2, -0.15) is 0 Å². The van der Waals surface area contributed by atoms with Crippen molar-refractivity contribution in [3.8, 4) is 0 Å². The summed E-state index contributed by atoms with van der Waals surface area (Å²) in [5.74, 6) is -3.20. The maximum atomic E-state index is 11.3. The third kappa shape index (κ3) is 37.4. The smallest absolute Gasteiger partial charge is 0.333 e. The Morgan fingerprint density at radius 2 is 0.741 bits per heavy atom. The van der Waals surface area contributed by atoms with Crippen molar-refractivity contribution >= 4 is 53.9 Å². The second-order valence-corrected chi connectivity index (χ2v) is 10.9. The molecule has 2 unspecified atom stereocenters. The summed E-state index contributed by atoms with van der Waals surface area (Å²) in [7, 11) is 0. The predicted octanol–water partition coefficient (Wildman–Crippen LogP) is 0.789. The molecular weight excluding hydrogens is 768 g/mol. The molecule has 0 heterocycles. The zero-order valence-corrected chi connectivity index (χ0v) is 33.4. The van der Waals surface area contributed by atoms with Gasteiger partial charge in [-0.3, -0.25) is 0 Å². The van der Waals surface area contributed by atoms with E-state index < -0.39 is 66.1 Å². The minimum absolute atomic E-state index is 0.0540. The lowest BCUT2D eigenvalue weighted by Gasteiger charge is -2.14. The van der Waals surface area contributed by atoms with Gasteiger partial charge in [0, 0.05) is 35.5 Å². The van der Waals surface area contributed by atoms with E-state index in [4.69, 9.17) is 14.2 Å². The fourth-order valence-electron chi connectivity index (χ4n) is 2.83. The topological polar surface area (TPSA) is 281 Å². The summed E-state index contributed by atoms with van der Waals surface area (Å²) in [4.78, 5) is 98.9. The van der Waals surface area contributed by atoms with Gasteiger partial charge in [-0.1, -0.05) is 39.5 Å². The summed E-state index contributed by atoms with van der Waals surface area (Å²) in [6.07, 6.45) is 3.23. The Bertz CT molecular complexity index is 1450. The molecule has 0 aromatic heterocycles. The number of carbonyl (C=O) groups excluding carboxylic acids is 9. The fourth-order valence-corrected chi connectivity index (χ4v) is 2.83. The summed E-state index contributed by atoms with van der Waals surface area (Å²) in [5, 5.41) is 14.9. The van der Waals surface area contributed by atoms with Crippen molar-refractivity contribution in [3.63, 3.8) is 0 Å². The SMILES string of the molecule is C=CC(=O)OCCNC(=O)NCC(C)OC(=O)C(=C)C.C=CC(=O)OCCNC(=O)NCC(C)OC(=O)C=C.C=CC(=O)OCCNC(=O)NCCOC(=O)C(=C)C. The van der Waals surface area contributed by atoms with Crippen molar-refractivity contribution in [3.05, 3.63) is 74.9 Å². The zero-order chi connectivity index (χ0) is 44.9. The molecule has 6 N–H and O–H groups in total. The molecule has 0 aliphatic heterocycles. The highest BCUT2D eigenvalue weighted by Gasteiger charge is 2.12. The van der Waals surface area contributed by atoms with Gasteiger partial charge in [0.2, 0.25) is 0 Å². The first-order valence-corrected chi connectivity index (χ1v) is 17.3. The van der Waals surface area contributed by atoms with E-state index in [-0.39, 0.29) is 65.7 Å². The normalized spacial score (nSPS) is 10.3. The van der Waals surface area contributed by atoms with E-state index in [0.29, 0.717) is 11.1 Å². The summed E-state index contributed by atoms with van der Waals surface area (Å²) in [6.45, 7) is 27.4. The quantitative estimate of drug-likeness (QED) is 0.0340. The molecule has 0 aromatic carbocycles. The van der Waals surface area contributed by atoms with E-state index in [9.17, 15) is 43.2 Å². The first kappa shape index (κ1) is 55.4. The van der Waals surface area contributed by atoms with Gasteiger partial charge in [0.1, 0.15) is 38.6 Å². The van der Waals surface area contributed by atoms with Gasteiger partial charge in [-0.15, -0.1) is 0 Å². The zero-order valence-electron chi connectivity index (χ0n) is 33.4. The lowest BCUT2D eigenvalue weighted by molar-refractivity contribution is -0.143. The maximum Gasteiger partial charge on any atom is 0.333 e. The molecule has 324 valence electrons. The molecule has 0 saturated heterocycles. The van der Waals surface area contributed by atoms with Crippen LogP contribution in [0.1, 0.15) is 27.7 Å². The van der Waals surface area contributed by atoms with Crippen LogP contribution >= 0.6 is 0 Å². The van der Waals surface area contributed by atoms with Crippen LogP contribution in [-0.4, -0.2) is 132 Å². The summed E-state index contributed by atoms with van der Waals surface area (Å²) in [5.41, 5.74) is 0.596. The summed E-state index contributed by atoms with van der Waals surface area (Å²) in [6, 6.07) is -1.34. The van der Waals surface area contributed by atoms with Gasteiger partial charge in [0.05, 0.1) is 39.3 Å². The van der Waals surface area contributed by atoms with Crippen LogP contribution in [0.25, 0.3) is 0 Å². The van der Waals surface area contributed by atoms with Crippen LogP contribution in [0.15, 0.2) is 74.9 Å². The van der Waals surface area contributed by atoms with Gasteiger partial charge >= 0.3 is 53.9 Å². The van der Waals surface area contributed by atoms with E-state index in [1.807, 2.05) is 0 Å². The fraction of sp³-hybridized carbons (Fsp3) is 0.432. The molecule has 21 heteroatoms. The number of esters is 6. The Kier molecular flexibility index (Phi) is 34.2. The Labute approximate surface area is 337 Å². The molecule has 0 bridgehead atoms. The molecule has 0 rings (SSSR count). The van der Waals surface area contributed by atoms with Crippen LogP contribution in [-0.2, 0) is 57.2 Å². The van der Waals surface area contributed by atoms with Crippen LogP contribution in [0.4, 0.5) is 14.4 Å². The molecule has 0 aliphatic carbocycles. The highest BCUT2D eigenvalue weighted by molar-refractivity contribution is 5.87. The molecule has 0 fully saturated rings. The number of amides is 6. The number of hydrogen-bond donors (Lipinski definition) is 6. The van der Waals surface area contributed by atoms with Crippen LogP contribution in [0.5, 0.6) is 0 Å². The largest absolute Gasteiger partial charge is 0.461 e. The van der Waals surface area contributed by atoms with E-state index >= 15 is 0 Å². The lowest BCUT2D eigenvalue weighted by Crippen LogP contribution is -2.41. The monoisotopic (exact) mass is 824 g/mol. The molecule has 6 amide bonds. The van der Waals surface area contributed by atoms with E-state index in [1.165, 1.54) is 6.92 Å². The molecule has 58 heavy (non-hydrogen) atoms. The molecule has 0 saturated carbocycles. The second kappa shape index (κ2) is 35.8. The van der Waals surface area contributed by atoms with Gasteiger partial charge in [-0.25, -0.2) is 43.2 Å². The minimum atomic E-state index is -0.550. The Balaban J connectivity index is -0.000000783. The molecule has 0 aliphatic rings. The van der Waals surface area contributed by atoms with Crippen molar-refractivity contribution in [1.29, 1.82) is 0 Å². The number of carbonyl (C=O) groups is 9. The molecule has 0 spiro atoms. The second-order valence-electron chi connectivity index (χ2n) is 10.9. The van der Waals surface area contributed by atoms with E-state index in [1.54, 1.807) is 20.8 Å². The molecule has 21 nitrogen and oxygen atoms in total. The summed E-state index contributed by atoms with van der Waals surface area (Å²) >= 11 is 0. The standard InChI is InChI=1S/C13H20N2O5.2C12H18N2O5/c1-5-11(16)19-7-6-14-13(18)15-8-10(4)20-12(17)9(2)3;1-4-10(15)18-7-5-13-12(17)14-6-8-19-11(16)9(2)3;1-4-10(15)18-7-6-13-12(17)14-8-9(3)19-11(16)5-2/h5,10H,1-2,6-8H2,3-4H3,(H2,14,15,18);4H,1-2,5-8H2,3H3,(H2,13,14,17);4-5,9H,1-2,6-8H2,3H3,(H2,13,14,17). The third-order valence-electron chi connectivity index (χ3n) is 5.61. The van der Waals surface area contributed by atoms with Crippen LogP contribution in [0, 0.1) is 0 Å². The third-order valence-corrected chi connectivity index (χ3v) is 5.61. The summed E-state index contributed by atoms with van der Waals surface area (Å²) < 4.78 is 28.5. The van der Waals surface area contributed by atoms with Crippen LogP contribution in [0.2, 0.25) is 0 Å². The highest BCUT2D eigenvalue weighted by atomic mass is 16.6. The molecule has 2 atom stereocenters. The molecular formula is C37H56N6O15. The van der Waals surface area contributed by atoms with Gasteiger partial charge < -0.3 is 60.3 Å². The lowest BCUT2D eigenvalue weighted by atomic mass is 10.3. The van der Waals surface area contributed by atoms with Crippen molar-refractivity contribution in [1.82, 2.24) is 31.9 Å². The number of nitrogens with one attached hydrogen (secondary N) is 6. The molecule has 0 aromatic rings. The van der Waals surface area contributed by atoms with E-state index in [2.05, 4.69) is 85.6 Å². The number of hydrogen-bond acceptors (Lipinski definition) is 15. The van der Waals surface area contributed by atoms with Crippen molar-refractivity contribution in [2.45, 2.75) is 39.9 Å². The van der Waals surface area contributed by atoms with Crippen molar-refractivity contribution in [2.75, 3.05) is 65.7 Å². The first-order valence-electron chi connectivity index (χ1n) is 17.3. The van der Waals surface area contributed by atoms with Crippen LogP contribution in [0.3, 0.4) is 0 Å². The molecule has 0 radical (unpaired) electrons. The number of ether oxygens (including phenoxy) is 6. The predicted molar refractivity (Wildman–Crippen MR) is 210 cm³/mol. The minimum Gasteiger partial charge on any atom is -0.461 e. The average Bonchev–Trinajstić information content (AvgIpc) is 3.19. The Hall–Kier alpha value is -6.93. The number of urea groups is 3. The first-order chi connectivity index (χ1) is 27.3. The maximum absolute atomic E-state index is 11.3. The van der Waals surface area contributed by atoms with Crippen LogP contribution < -0.4 is 31.9 Å². The van der Waals surface area contributed by atoms with Gasteiger partial charge in [0.25, 0.3) is 0 Å².